The first-order chi connectivity index (χ1) is 14.9. The highest BCUT2D eigenvalue weighted by Crippen LogP contribution is 2.28. The number of aromatic nitrogens is 2. The molecule has 3 rings (SSSR count). The van der Waals surface area contributed by atoms with E-state index >= 15 is 0 Å². The highest BCUT2D eigenvalue weighted by atomic mass is 32.1. The number of rotatable bonds is 8. The van der Waals surface area contributed by atoms with Crippen molar-refractivity contribution in [2.45, 2.75) is 26.3 Å². The molecular formula is C22H23FN4O3S. The molecule has 9 heteroatoms. The summed E-state index contributed by atoms with van der Waals surface area (Å²) in [6.07, 6.45) is 0.661. The molecule has 0 aliphatic heterocycles. The molecular weight excluding hydrogens is 419 g/mol. The van der Waals surface area contributed by atoms with E-state index in [2.05, 4.69) is 20.8 Å². The number of nitrogens with zero attached hydrogens (tertiary/aromatic N) is 2. The van der Waals surface area contributed by atoms with Crippen molar-refractivity contribution in [2.24, 2.45) is 5.92 Å². The number of amides is 2. The van der Waals surface area contributed by atoms with Gasteiger partial charge in [-0.25, -0.2) is 4.39 Å². The number of hydrogen-bond donors (Lipinski definition) is 2. The van der Waals surface area contributed by atoms with Gasteiger partial charge < -0.3 is 10.1 Å². The van der Waals surface area contributed by atoms with E-state index in [1.54, 1.807) is 7.11 Å². The summed E-state index contributed by atoms with van der Waals surface area (Å²) in [5, 5.41) is 14.6. The summed E-state index contributed by atoms with van der Waals surface area (Å²) in [5.41, 5.74) is 0.996. The van der Waals surface area contributed by atoms with Crippen LogP contribution in [0.5, 0.6) is 5.75 Å². The lowest BCUT2D eigenvalue weighted by atomic mass is 9.98. The minimum Gasteiger partial charge on any atom is -0.497 e. The third-order valence-electron chi connectivity index (χ3n) is 4.86. The second-order valence-electron chi connectivity index (χ2n) is 6.98. The summed E-state index contributed by atoms with van der Waals surface area (Å²) in [7, 11) is 1.59. The van der Waals surface area contributed by atoms with Gasteiger partial charge in [-0.2, -0.15) is 0 Å². The van der Waals surface area contributed by atoms with Crippen molar-refractivity contribution >= 4 is 28.3 Å². The van der Waals surface area contributed by atoms with Crippen LogP contribution in [0.3, 0.4) is 0 Å². The van der Waals surface area contributed by atoms with Crippen molar-refractivity contribution in [1.82, 2.24) is 15.5 Å². The van der Waals surface area contributed by atoms with E-state index < -0.39 is 23.7 Å². The normalized spacial score (nSPS) is 12.6. The fourth-order valence-electron chi connectivity index (χ4n) is 2.86. The number of methoxy groups -OCH3 is 1. The zero-order valence-electron chi connectivity index (χ0n) is 17.4. The molecule has 0 aliphatic carbocycles. The smallest absolute Gasteiger partial charge is 0.252 e. The number of benzene rings is 2. The highest BCUT2D eigenvalue weighted by molar-refractivity contribution is 7.18. The van der Waals surface area contributed by atoms with Crippen molar-refractivity contribution in [3.8, 4) is 16.3 Å². The van der Waals surface area contributed by atoms with Gasteiger partial charge in [-0.1, -0.05) is 37.7 Å². The summed E-state index contributed by atoms with van der Waals surface area (Å²) >= 11 is 1.22. The molecule has 0 radical (unpaired) electrons. The molecule has 1 heterocycles. The van der Waals surface area contributed by atoms with Crippen molar-refractivity contribution in [2.75, 3.05) is 12.4 Å². The van der Waals surface area contributed by atoms with Gasteiger partial charge in [0.05, 0.1) is 7.11 Å². The van der Waals surface area contributed by atoms with E-state index in [-0.39, 0.29) is 11.5 Å². The largest absolute Gasteiger partial charge is 0.497 e. The van der Waals surface area contributed by atoms with Crippen LogP contribution in [-0.4, -0.2) is 35.2 Å². The lowest BCUT2D eigenvalue weighted by Gasteiger charge is -2.23. The molecule has 0 saturated heterocycles. The van der Waals surface area contributed by atoms with Crippen molar-refractivity contribution in [1.29, 1.82) is 0 Å². The number of nitrogens with one attached hydrogen (secondary N) is 2. The van der Waals surface area contributed by atoms with Crippen LogP contribution in [0.2, 0.25) is 0 Å². The Balaban J connectivity index is 1.72. The molecule has 0 fully saturated rings. The van der Waals surface area contributed by atoms with Crippen LogP contribution >= 0.6 is 11.3 Å². The van der Waals surface area contributed by atoms with E-state index in [4.69, 9.17) is 4.74 Å². The summed E-state index contributed by atoms with van der Waals surface area (Å²) in [6.45, 7) is 3.78. The average molecular weight is 443 g/mol. The number of carbonyl (C=O) groups is 2. The lowest BCUT2D eigenvalue weighted by Crippen LogP contribution is -2.47. The van der Waals surface area contributed by atoms with E-state index in [9.17, 15) is 14.0 Å². The zero-order chi connectivity index (χ0) is 22.4. The molecule has 0 saturated carbocycles. The molecule has 2 unspecified atom stereocenters. The SMILES string of the molecule is CCC(C)C(NC(=O)c1cccc(F)c1)C(=O)Nc1nnc(-c2ccc(OC)cc2)s1. The maximum Gasteiger partial charge on any atom is 0.252 e. The van der Waals surface area contributed by atoms with Gasteiger partial charge in [0.1, 0.15) is 22.6 Å². The van der Waals surface area contributed by atoms with Crippen molar-refractivity contribution in [3.63, 3.8) is 0 Å². The highest BCUT2D eigenvalue weighted by Gasteiger charge is 2.27. The second kappa shape index (κ2) is 10.1. The molecule has 0 aliphatic rings. The topological polar surface area (TPSA) is 93.2 Å². The minimum absolute atomic E-state index is 0.147. The number of ether oxygens (including phenoxy) is 1. The van der Waals surface area contributed by atoms with Gasteiger partial charge in [0.2, 0.25) is 11.0 Å². The third-order valence-corrected chi connectivity index (χ3v) is 5.75. The fraction of sp³-hybridized carbons (Fsp3) is 0.273. The predicted molar refractivity (Wildman–Crippen MR) is 118 cm³/mol. The lowest BCUT2D eigenvalue weighted by molar-refractivity contribution is -0.119. The molecule has 1 aromatic heterocycles. The Morgan fingerprint density at radius 3 is 2.55 bits per heavy atom. The molecule has 2 atom stereocenters. The first-order valence-electron chi connectivity index (χ1n) is 9.76. The van der Waals surface area contributed by atoms with Crippen LogP contribution in [0, 0.1) is 11.7 Å². The van der Waals surface area contributed by atoms with Gasteiger partial charge >= 0.3 is 0 Å². The van der Waals surface area contributed by atoms with E-state index in [1.807, 2.05) is 38.1 Å². The molecule has 7 nitrogen and oxygen atoms in total. The average Bonchev–Trinajstić information content (AvgIpc) is 3.25. The van der Waals surface area contributed by atoms with Crippen molar-refractivity contribution < 1.29 is 18.7 Å². The first kappa shape index (κ1) is 22.4. The molecule has 162 valence electrons. The van der Waals surface area contributed by atoms with Gasteiger partial charge in [0.25, 0.3) is 5.91 Å². The van der Waals surface area contributed by atoms with Gasteiger partial charge in [0.15, 0.2) is 0 Å². The third kappa shape index (κ3) is 5.64. The first-order valence-corrected chi connectivity index (χ1v) is 10.6. The maximum absolute atomic E-state index is 13.4. The van der Waals surface area contributed by atoms with Crippen LogP contribution in [0.15, 0.2) is 48.5 Å². The van der Waals surface area contributed by atoms with E-state index in [1.165, 1.54) is 29.5 Å². The predicted octanol–water partition coefficient (Wildman–Crippen LogP) is 4.14. The molecule has 2 amide bonds. The Hall–Kier alpha value is -3.33. The van der Waals surface area contributed by atoms with Gasteiger partial charge in [-0.3, -0.25) is 14.9 Å². The second-order valence-corrected chi connectivity index (χ2v) is 7.95. The van der Waals surface area contributed by atoms with Gasteiger partial charge in [-0.05, 0) is 48.4 Å². The van der Waals surface area contributed by atoms with Crippen molar-refractivity contribution in [3.05, 3.63) is 59.9 Å². The number of carbonyl (C=O) groups excluding carboxylic acids is 2. The standard InChI is InChI=1S/C22H23FN4O3S/c1-4-13(2)18(24-19(28)15-6-5-7-16(23)12-15)20(29)25-22-27-26-21(31-22)14-8-10-17(30-3)11-9-14/h5-13,18H,4H2,1-3H3,(H,24,28)(H,25,27,29). The minimum atomic E-state index is -0.811. The quantitative estimate of drug-likeness (QED) is 0.547. The monoisotopic (exact) mass is 442 g/mol. The van der Waals surface area contributed by atoms with E-state index in [0.717, 1.165) is 17.4 Å². The Kier molecular flexibility index (Phi) is 7.30. The molecule has 31 heavy (non-hydrogen) atoms. The number of hydrogen-bond acceptors (Lipinski definition) is 6. The summed E-state index contributed by atoms with van der Waals surface area (Å²) in [4.78, 5) is 25.4. The summed E-state index contributed by atoms with van der Waals surface area (Å²) in [6, 6.07) is 11.9. The van der Waals surface area contributed by atoms with Crippen LogP contribution in [-0.2, 0) is 4.79 Å². The van der Waals surface area contributed by atoms with Crippen LogP contribution in [0.1, 0.15) is 30.6 Å². The van der Waals surface area contributed by atoms with Crippen LogP contribution < -0.4 is 15.4 Å². The summed E-state index contributed by atoms with van der Waals surface area (Å²) in [5.74, 6) is -0.858. The Bertz CT molecular complexity index is 1050. The Labute approximate surface area is 183 Å². The van der Waals surface area contributed by atoms with Crippen LogP contribution in [0.25, 0.3) is 10.6 Å². The summed E-state index contributed by atoms with van der Waals surface area (Å²) < 4.78 is 18.6. The maximum atomic E-state index is 13.4. The Morgan fingerprint density at radius 2 is 1.90 bits per heavy atom. The number of anilines is 1. The van der Waals surface area contributed by atoms with Gasteiger partial charge in [0, 0.05) is 11.1 Å². The van der Waals surface area contributed by atoms with Gasteiger partial charge in [-0.15, -0.1) is 10.2 Å². The molecule has 3 aromatic rings. The zero-order valence-corrected chi connectivity index (χ0v) is 18.2. The molecule has 0 bridgehead atoms. The molecule has 2 aromatic carbocycles. The fourth-order valence-corrected chi connectivity index (χ4v) is 3.62. The molecule has 0 spiro atoms. The Morgan fingerprint density at radius 1 is 1.16 bits per heavy atom. The van der Waals surface area contributed by atoms with E-state index in [0.29, 0.717) is 16.6 Å². The molecule has 2 N–H and O–H groups in total. The van der Waals surface area contributed by atoms with Crippen LogP contribution in [0.4, 0.5) is 9.52 Å². The number of halogens is 1.